The second-order valence-corrected chi connectivity index (χ2v) is 7.37. The topological polar surface area (TPSA) is 101 Å². The highest BCUT2D eigenvalue weighted by atomic mass is 16.5. The van der Waals surface area contributed by atoms with Crippen molar-refractivity contribution in [2.24, 2.45) is 0 Å². The molecule has 2 aromatic rings. The average molecular weight is 399 g/mol. The number of ether oxygens (including phenoxy) is 2. The summed E-state index contributed by atoms with van der Waals surface area (Å²) in [6.45, 7) is 1.73. The molecule has 9 nitrogen and oxygen atoms in total. The summed E-state index contributed by atoms with van der Waals surface area (Å²) in [5.41, 5.74) is 2.04. The summed E-state index contributed by atoms with van der Waals surface area (Å²) in [4.78, 5) is 41.3. The Bertz CT molecular complexity index is 904. The van der Waals surface area contributed by atoms with Crippen molar-refractivity contribution in [2.45, 2.75) is 24.8 Å². The van der Waals surface area contributed by atoms with Gasteiger partial charge in [-0.2, -0.15) is 0 Å². The van der Waals surface area contributed by atoms with Gasteiger partial charge in [0.1, 0.15) is 6.61 Å². The molecular weight excluding hydrogens is 374 g/mol. The second kappa shape index (κ2) is 7.82. The van der Waals surface area contributed by atoms with Crippen LogP contribution in [0.3, 0.4) is 0 Å². The Morgan fingerprint density at radius 2 is 2.00 bits per heavy atom. The van der Waals surface area contributed by atoms with Gasteiger partial charge in [0.25, 0.3) is 5.91 Å². The lowest BCUT2D eigenvalue weighted by atomic mass is 9.78. The zero-order valence-corrected chi connectivity index (χ0v) is 16.7. The summed E-state index contributed by atoms with van der Waals surface area (Å²) < 4.78 is 10.2. The van der Waals surface area contributed by atoms with Gasteiger partial charge in [-0.05, 0) is 18.9 Å². The summed E-state index contributed by atoms with van der Waals surface area (Å²) >= 11 is 0. The van der Waals surface area contributed by atoms with E-state index in [-0.39, 0.29) is 18.4 Å². The molecule has 0 bridgehead atoms. The molecule has 0 saturated carbocycles. The molecule has 2 aromatic heterocycles. The standard InChI is InChI=1S/C20H25N5O4/c1-28-12-17(26)25-8-4-15-18(23-13-22-15)20(25)5-9-24(10-6-20)19(27)14-3-7-21-16(11-14)29-2/h3,7,11,13H,4-6,8-10,12H2,1-2H3,(H,22,23). The van der Waals surface area contributed by atoms with E-state index in [9.17, 15) is 9.59 Å². The first kappa shape index (κ1) is 19.4. The molecule has 1 N–H and O–H groups in total. The van der Waals surface area contributed by atoms with Crippen LogP contribution in [0.4, 0.5) is 0 Å². The highest BCUT2D eigenvalue weighted by molar-refractivity contribution is 5.94. The van der Waals surface area contributed by atoms with Gasteiger partial charge in [-0.15, -0.1) is 0 Å². The number of pyridine rings is 1. The number of nitrogens with one attached hydrogen (secondary N) is 1. The summed E-state index contributed by atoms with van der Waals surface area (Å²) in [6.07, 6.45) is 5.27. The third kappa shape index (κ3) is 3.35. The Labute approximate surface area is 169 Å². The number of H-pyrrole nitrogens is 1. The van der Waals surface area contributed by atoms with Crippen molar-refractivity contribution in [3.05, 3.63) is 41.6 Å². The molecule has 154 valence electrons. The number of rotatable bonds is 4. The van der Waals surface area contributed by atoms with E-state index in [0.29, 0.717) is 43.9 Å². The minimum absolute atomic E-state index is 0.0419. The van der Waals surface area contributed by atoms with Crippen molar-refractivity contribution in [2.75, 3.05) is 40.5 Å². The number of carbonyl (C=O) groups is 2. The fraction of sp³-hybridized carbons (Fsp3) is 0.500. The number of imidazole rings is 1. The zero-order valence-electron chi connectivity index (χ0n) is 16.7. The number of hydrogen-bond donors (Lipinski definition) is 1. The molecule has 0 unspecified atom stereocenters. The first-order valence-corrected chi connectivity index (χ1v) is 9.70. The second-order valence-electron chi connectivity index (χ2n) is 7.37. The quantitative estimate of drug-likeness (QED) is 0.822. The number of aromatic amines is 1. The van der Waals surface area contributed by atoms with E-state index in [2.05, 4.69) is 15.0 Å². The first-order valence-electron chi connectivity index (χ1n) is 9.70. The maximum absolute atomic E-state index is 13.0. The molecule has 4 heterocycles. The molecule has 29 heavy (non-hydrogen) atoms. The lowest BCUT2D eigenvalue weighted by molar-refractivity contribution is -0.145. The number of methoxy groups -OCH3 is 2. The van der Waals surface area contributed by atoms with Crippen LogP contribution in [0.5, 0.6) is 5.88 Å². The number of aromatic nitrogens is 3. The number of carbonyl (C=O) groups excluding carboxylic acids is 2. The minimum atomic E-state index is -0.504. The van der Waals surface area contributed by atoms with Crippen molar-refractivity contribution in [1.29, 1.82) is 0 Å². The molecule has 0 aromatic carbocycles. The SMILES string of the molecule is COCC(=O)N1CCc2[nH]cnc2C12CCN(C(=O)c1ccnc(OC)c1)CC2. The molecular formula is C20H25N5O4. The number of nitrogens with zero attached hydrogens (tertiary/aromatic N) is 4. The van der Waals surface area contributed by atoms with E-state index in [0.717, 1.165) is 17.8 Å². The van der Waals surface area contributed by atoms with Crippen molar-refractivity contribution in [3.8, 4) is 5.88 Å². The van der Waals surface area contributed by atoms with Crippen LogP contribution in [-0.4, -0.2) is 77.0 Å². The van der Waals surface area contributed by atoms with E-state index in [1.54, 1.807) is 24.7 Å². The van der Waals surface area contributed by atoms with E-state index in [1.807, 2.05) is 9.80 Å². The maximum Gasteiger partial charge on any atom is 0.254 e. The number of piperidine rings is 1. The third-order valence-corrected chi connectivity index (χ3v) is 5.90. The summed E-state index contributed by atoms with van der Waals surface area (Å²) in [5, 5.41) is 0. The molecule has 1 fully saturated rings. The van der Waals surface area contributed by atoms with E-state index >= 15 is 0 Å². The predicted molar refractivity (Wildman–Crippen MR) is 103 cm³/mol. The van der Waals surface area contributed by atoms with Crippen LogP contribution in [0.15, 0.2) is 24.7 Å². The lowest BCUT2D eigenvalue weighted by Gasteiger charge is -2.50. The third-order valence-electron chi connectivity index (χ3n) is 5.90. The fourth-order valence-electron chi connectivity index (χ4n) is 4.47. The Balaban J connectivity index is 1.57. The highest BCUT2D eigenvalue weighted by Crippen LogP contribution is 2.42. The molecule has 9 heteroatoms. The van der Waals surface area contributed by atoms with Crippen molar-refractivity contribution in [3.63, 3.8) is 0 Å². The normalized spacial score (nSPS) is 17.9. The van der Waals surface area contributed by atoms with Gasteiger partial charge < -0.3 is 24.3 Å². The maximum atomic E-state index is 13.0. The molecule has 2 amide bonds. The zero-order chi connectivity index (χ0) is 20.4. The van der Waals surface area contributed by atoms with Crippen molar-refractivity contribution < 1.29 is 19.1 Å². The van der Waals surface area contributed by atoms with E-state index in [4.69, 9.17) is 9.47 Å². The van der Waals surface area contributed by atoms with Gasteiger partial charge in [0.2, 0.25) is 11.8 Å². The monoisotopic (exact) mass is 399 g/mol. The smallest absolute Gasteiger partial charge is 0.254 e. The van der Waals surface area contributed by atoms with Gasteiger partial charge >= 0.3 is 0 Å². The fourth-order valence-corrected chi connectivity index (χ4v) is 4.47. The van der Waals surface area contributed by atoms with Gasteiger partial charge in [-0.3, -0.25) is 9.59 Å². The molecule has 0 radical (unpaired) electrons. The van der Waals surface area contributed by atoms with Crippen LogP contribution in [0.25, 0.3) is 0 Å². The van der Waals surface area contributed by atoms with E-state index in [1.165, 1.54) is 14.2 Å². The lowest BCUT2D eigenvalue weighted by Crippen LogP contribution is -2.59. The molecule has 2 aliphatic rings. The predicted octanol–water partition coefficient (Wildman–Crippen LogP) is 0.976. The van der Waals surface area contributed by atoms with E-state index < -0.39 is 5.54 Å². The molecule has 1 saturated heterocycles. The highest BCUT2D eigenvalue weighted by Gasteiger charge is 2.49. The van der Waals surface area contributed by atoms with Gasteiger partial charge in [0.05, 0.1) is 24.7 Å². The first-order chi connectivity index (χ1) is 14.1. The van der Waals surface area contributed by atoms with Crippen LogP contribution >= 0.6 is 0 Å². The summed E-state index contributed by atoms with van der Waals surface area (Å²) in [6, 6.07) is 3.34. The average Bonchev–Trinajstić information content (AvgIpc) is 3.24. The number of amides is 2. The largest absolute Gasteiger partial charge is 0.481 e. The van der Waals surface area contributed by atoms with Crippen LogP contribution in [-0.2, 0) is 21.5 Å². The number of hydrogen-bond acceptors (Lipinski definition) is 6. The van der Waals surface area contributed by atoms with Crippen LogP contribution in [0.1, 0.15) is 34.6 Å². The van der Waals surface area contributed by atoms with Crippen LogP contribution in [0.2, 0.25) is 0 Å². The Hall–Kier alpha value is -2.94. The van der Waals surface area contributed by atoms with Gasteiger partial charge in [0.15, 0.2) is 0 Å². The molecule has 1 spiro atoms. The van der Waals surface area contributed by atoms with Crippen LogP contribution < -0.4 is 4.74 Å². The molecule has 0 atom stereocenters. The molecule has 0 aliphatic carbocycles. The van der Waals surface area contributed by atoms with Gasteiger partial charge in [-0.25, -0.2) is 9.97 Å². The Morgan fingerprint density at radius 1 is 1.21 bits per heavy atom. The van der Waals surface area contributed by atoms with Gasteiger partial charge in [0, 0.05) is 56.7 Å². The Morgan fingerprint density at radius 3 is 2.72 bits per heavy atom. The van der Waals surface area contributed by atoms with Gasteiger partial charge in [-0.1, -0.05) is 0 Å². The summed E-state index contributed by atoms with van der Waals surface area (Å²) in [7, 11) is 3.05. The summed E-state index contributed by atoms with van der Waals surface area (Å²) in [5.74, 6) is 0.308. The minimum Gasteiger partial charge on any atom is -0.481 e. The number of fused-ring (bicyclic) bond motifs is 2. The number of likely N-dealkylation sites (tertiary alicyclic amines) is 1. The Kier molecular flexibility index (Phi) is 5.23. The van der Waals surface area contributed by atoms with Crippen molar-refractivity contribution in [1.82, 2.24) is 24.8 Å². The molecule has 4 rings (SSSR count). The molecule has 2 aliphatic heterocycles. The van der Waals surface area contributed by atoms with Crippen molar-refractivity contribution >= 4 is 11.8 Å². The van der Waals surface area contributed by atoms with Crippen LogP contribution in [0, 0.1) is 0 Å².